The molecule has 0 saturated heterocycles. The van der Waals surface area contributed by atoms with Crippen LogP contribution in [0.4, 0.5) is 5.13 Å². The van der Waals surface area contributed by atoms with Gasteiger partial charge in [0.2, 0.25) is 0 Å². The lowest BCUT2D eigenvalue weighted by molar-refractivity contribution is -0.112. The van der Waals surface area contributed by atoms with E-state index in [9.17, 15) is 10.1 Å². The molecule has 2 aromatic heterocycles. The number of benzene rings is 3. The number of furan rings is 1. The monoisotopic (exact) mass is 479 g/mol. The minimum atomic E-state index is -0.531. The molecule has 0 saturated carbocycles. The van der Waals surface area contributed by atoms with Crippen LogP contribution in [0, 0.1) is 11.3 Å². The first-order valence-electron chi connectivity index (χ1n) is 10.4. The van der Waals surface area contributed by atoms with Gasteiger partial charge in [-0.1, -0.05) is 78.5 Å². The Morgan fingerprint density at radius 3 is 2.65 bits per heavy atom. The van der Waals surface area contributed by atoms with Crippen molar-refractivity contribution in [1.29, 1.82) is 5.26 Å². The number of carbonyl (C=O) groups excluding carboxylic acids is 1. The van der Waals surface area contributed by atoms with Crippen molar-refractivity contribution in [3.8, 4) is 17.3 Å². The molecule has 0 aliphatic rings. The van der Waals surface area contributed by atoms with Crippen molar-refractivity contribution in [2.45, 2.75) is 9.99 Å². The molecule has 3 aromatic carbocycles. The zero-order valence-electron chi connectivity index (χ0n) is 17.8. The van der Waals surface area contributed by atoms with Crippen LogP contribution in [0.3, 0.4) is 0 Å². The van der Waals surface area contributed by atoms with Gasteiger partial charge in [-0.2, -0.15) is 5.26 Å². The van der Waals surface area contributed by atoms with E-state index < -0.39 is 5.91 Å². The van der Waals surface area contributed by atoms with Gasteiger partial charge in [0.1, 0.15) is 17.4 Å². The summed E-state index contributed by atoms with van der Waals surface area (Å²) in [6.45, 7) is 0. The molecule has 0 bridgehead atoms. The molecule has 5 rings (SSSR count). The molecule has 0 aliphatic carbocycles. The van der Waals surface area contributed by atoms with Gasteiger partial charge < -0.3 is 4.42 Å². The summed E-state index contributed by atoms with van der Waals surface area (Å²) in [6, 6.07) is 29.5. The first-order chi connectivity index (χ1) is 16.7. The number of hydrogen-bond acceptors (Lipinski definition) is 6. The second kappa shape index (κ2) is 9.79. The van der Waals surface area contributed by atoms with E-state index >= 15 is 0 Å². The largest absolute Gasteiger partial charge is 0.450 e. The predicted molar refractivity (Wildman–Crippen MR) is 137 cm³/mol. The minimum Gasteiger partial charge on any atom is -0.450 e. The normalized spacial score (nSPS) is 11.3. The van der Waals surface area contributed by atoms with Crippen LogP contribution in [-0.4, -0.2) is 10.9 Å². The van der Waals surface area contributed by atoms with Crippen LogP contribution in [0.2, 0.25) is 0 Å². The number of thiazole rings is 1. The smallest absolute Gasteiger partial charge is 0.268 e. The van der Waals surface area contributed by atoms with E-state index in [0.29, 0.717) is 16.0 Å². The number of nitrogens with zero attached hydrogens (tertiary/aromatic N) is 2. The van der Waals surface area contributed by atoms with E-state index in [4.69, 9.17) is 4.42 Å². The fourth-order valence-electron chi connectivity index (χ4n) is 3.39. The number of carbonyl (C=O) groups is 1. The third-order valence-corrected chi connectivity index (χ3v) is 6.76. The highest BCUT2D eigenvalue weighted by Gasteiger charge is 2.14. The third-order valence-electron chi connectivity index (χ3n) is 5.01. The molecule has 0 spiro atoms. The van der Waals surface area contributed by atoms with E-state index in [1.54, 1.807) is 6.07 Å². The Bertz CT molecular complexity index is 1540. The Balaban J connectivity index is 1.30. The zero-order chi connectivity index (χ0) is 23.3. The number of rotatable bonds is 6. The van der Waals surface area contributed by atoms with E-state index in [1.807, 2.05) is 72.1 Å². The fraction of sp³-hybridized carbons (Fsp3) is 0. The van der Waals surface area contributed by atoms with Crippen molar-refractivity contribution in [3.63, 3.8) is 0 Å². The van der Waals surface area contributed by atoms with Crippen molar-refractivity contribution in [2.24, 2.45) is 0 Å². The molecule has 0 unspecified atom stereocenters. The molecule has 164 valence electrons. The quantitative estimate of drug-likeness (QED) is 0.205. The fourth-order valence-corrected chi connectivity index (χ4v) is 5.04. The standard InChI is InChI=1S/C27H17N3O2S2/c28-16-20(26(31)30-27-29-23(17-33-27)19-8-2-1-3-9-19)15-21-13-14-25(32-21)34-24-12-6-10-18-7-4-5-11-22(18)24/h1-15,17H,(H,29,30,31)/b20-15-. The molecular weight excluding hydrogens is 462 g/mol. The Labute approximate surface area is 204 Å². The molecule has 0 fully saturated rings. The molecule has 34 heavy (non-hydrogen) atoms. The number of aromatic nitrogens is 1. The van der Waals surface area contributed by atoms with Gasteiger partial charge >= 0.3 is 0 Å². The summed E-state index contributed by atoms with van der Waals surface area (Å²) in [4.78, 5) is 18.2. The third kappa shape index (κ3) is 4.79. The van der Waals surface area contributed by atoms with Crippen LogP contribution in [0.5, 0.6) is 0 Å². The Morgan fingerprint density at radius 2 is 1.79 bits per heavy atom. The number of fused-ring (bicyclic) bond motifs is 1. The number of anilines is 1. The van der Waals surface area contributed by atoms with Gasteiger partial charge in [-0.25, -0.2) is 4.98 Å². The van der Waals surface area contributed by atoms with Crippen LogP contribution < -0.4 is 5.32 Å². The minimum absolute atomic E-state index is 0.0625. The van der Waals surface area contributed by atoms with Gasteiger partial charge in [0.15, 0.2) is 10.2 Å². The summed E-state index contributed by atoms with van der Waals surface area (Å²) in [7, 11) is 0. The van der Waals surface area contributed by atoms with Gasteiger partial charge in [-0.05, 0) is 29.0 Å². The van der Waals surface area contributed by atoms with E-state index in [-0.39, 0.29) is 5.57 Å². The maximum Gasteiger partial charge on any atom is 0.268 e. The van der Waals surface area contributed by atoms with Crippen molar-refractivity contribution >= 4 is 51.0 Å². The van der Waals surface area contributed by atoms with Crippen LogP contribution in [0.15, 0.2) is 110 Å². The number of hydrogen-bond donors (Lipinski definition) is 1. The van der Waals surface area contributed by atoms with Gasteiger partial charge in [-0.15, -0.1) is 11.3 Å². The Morgan fingerprint density at radius 1 is 1.00 bits per heavy atom. The summed E-state index contributed by atoms with van der Waals surface area (Å²) < 4.78 is 5.87. The molecule has 0 radical (unpaired) electrons. The molecule has 1 amide bonds. The van der Waals surface area contributed by atoms with Gasteiger partial charge in [0.25, 0.3) is 5.91 Å². The first kappa shape index (κ1) is 21.7. The molecule has 5 aromatic rings. The lowest BCUT2D eigenvalue weighted by Gasteiger charge is -2.04. The average Bonchev–Trinajstić information content (AvgIpc) is 3.53. The molecule has 0 atom stereocenters. The summed E-state index contributed by atoms with van der Waals surface area (Å²) >= 11 is 2.80. The second-order valence-electron chi connectivity index (χ2n) is 7.26. The molecular formula is C27H17N3O2S2. The summed E-state index contributed by atoms with van der Waals surface area (Å²) in [5.74, 6) is -0.102. The van der Waals surface area contributed by atoms with E-state index in [1.165, 1.54) is 29.2 Å². The lowest BCUT2D eigenvalue weighted by Crippen LogP contribution is -2.13. The summed E-state index contributed by atoms with van der Waals surface area (Å²) in [6.07, 6.45) is 1.44. The van der Waals surface area contributed by atoms with Crippen LogP contribution in [0.1, 0.15) is 5.76 Å². The highest BCUT2D eigenvalue weighted by molar-refractivity contribution is 7.99. The van der Waals surface area contributed by atoms with Crippen molar-refractivity contribution in [2.75, 3.05) is 5.32 Å². The molecule has 5 nitrogen and oxygen atoms in total. The molecule has 1 N–H and O–H groups in total. The maximum absolute atomic E-state index is 12.7. The highest BCUT2D eigenvalue weighted by atomic mass is 32.2. The number of amides is 1. The topological polar surface area (TPSA) is 78.9 Å². The van der Waals surface area contributed by atoms with Crippen molar-refractivity contribution in [1.82, 2.24) is 4.98 Å². The first-order valence-corrected chi connectivity index (χ1v) is 12.1. The molecule has 2 heterocycles. The van der Waals surface area contributed by atoms with Gasteiger partial charge in [-0.3, -0.25) is 10.1 Å². The van der Waals surface area contributed by atoms with Crippen molar-refractivity contribution in [3.05, 3.63) is 102 Å². The second-order valence-corrected chi connectivity index (χ2v) is 9.17. The number of nitrogens with one attached hydrogen (secondary N) is 1. The zero-order valence-corrected chi connectivity index (χ0v) is 19.4. The molecule has 0 aliphatic heterocycles. The SMILES string of the molecule is N#C/C(=C/c1ccc(Sc2cccc3ccccc23)o1)C(=O)Nc1nc(-c2ccccc2)cs1. The van der Waals surface area contributed by atoms with Crippen molar-refractivity contribution < 1.29 is 9.21 Å². The predicted octanol–water partition coefficient (Wildman–Crippen LogP) is 7.25. The highest BCUT2D eigenvalue weighted by Crippen LogP contribution is 2.34. The number of nitriles is 1. The van der Waals surface area contributed by atoms with Gasteiger partial charge in [0, 0.05) is 21.9 Å². The van der Waals surface area contributed by atoms with E-state index in [2.05, 4.69) is 28.5 Å². The van der Waals surface area contributed by atoms with Crippen LogP contribution in [-0.2, 0) is 4.79 Å². The van der Waals surface area contributed by atoms with E-state index in [0.717, 1.165) is 26.9 Å². The summed E-state index contributed by atoms with van der Waals surface area (Å²) in [5, 5.41) is 17.5. The van der Waals surface area contributed by atoms with Crippen LogP contribution in [0.25, 0.3) is 28.1 Å². The van der Waals surface area contributed by atoms with Crippen LogP contribution >= 0.6 is 23.1 Å². The molecule has 7 heteroatoms. The average molecular weight is 480 g/mol. The Kier molecular flexibility index (Phi) is 6.25. The maximum atomic E-state index is 12.7. The lowest BCUT2D eigenvalue weighted by atomic mass is 10.1. The Hall–Kier alpha value is -4.12. The summed E-state index contributed by atoms with van der Waals surface area (Å²) in [5.41, 5.74) is 1.67. The van der Waals surface area contributed by atoms with Gasteiger partial charge in [0.05, 0.1) is 5.69 Å².